The first-order valence-corrected chi connectivity index (χ1v) is 5.52. The van der Waals surface area contributed by atoms with E-state index in [2.05, 4.69) is 31.4 Å². The number of aromatic amines is 1. The minimum absolute atomic E-state index is 0.164. The van der Waals surface area contributed by atoms with Gasteiger partial charge in [-0.05, 0) is 47.9 Å². The molecule has 4 nitrogen and oxygen atoms in total. The zero-order valence-corrected chi connectivity index (χ0v) is 9.30. The molecule has 0 saturated carbocycles. The van der Waals surface area contributed by atoms with Crippen LogP contribution in [0.2, 0.25) is 0 Å². The van der Waals surface area contributed by atoms with Gasteiger partial charge in [0.2, 0.25) is 0 Å². The number of H-pyrrole nitrogens is 1. The highest BCUT2D eigenvalue weighted by Crippen LogP contribution is 2.23. The van der Waals surface area contributed by atoms with E-state index in [4.69, 9.17) is 0 Å². The lowest BCUT2D eigenvalue weighted by molar-refractivity contribution is 0.450. The molecule has 0 amide bonds. The molecule has 1 aromatic rings. The lowest BCUT2D eigenvalue weighted by Crippen LogP contribution is -2.27. The molecule has 76 valence electrons. The van der Waals surface area contributed by atoms with E-state index in [0.717, 1.165) is 31.6 Å². The van der Waals surface area contributed by atoms with Gasteiger partial charge in [0.05, 0.1) is 10.2 Å². The maximum absolute atomic E-state index is 11.1. The highest BCUT2D eigenvalue weighted by Gasteiger charge is 2.17. The summed E-state index contributed by atoms with van der Waals surface area (Å²) in [7, 11) is 0. The van der Waals surface area contributed by atoms with Crippen molar-refractivity contribution in [3.8, 4) is 0 Å². The van der Waals surface area contributed by atoms with E-state index in [1.54, 1.807) is 0 Å². The summed E-state index contributed by atoms with van der Waals surface area (Å²) in [6, 6.07) is 1.83. The summed E-state index contributed by atoms with van der Waals surface area (Å²) in [5.74, 6) is 0.476. The number of halogens is 1. The summed E-state index contributed by atoms with van der Waals surface area (Å²) in [4.78, 5) is 11.1. The summed E-state index contributed by atoms with van der Waals surface area (Å²) >= 11 is 3.21. The average Bonchev–Trinajstić information content (AvgIpc) is 2.23. The monoisotopic (exact) mass is 257 g/mol. The predicted octanol–water partition coefficient (Wildman–Crippen LogP) is 0.999. The quantitative estimate of drug-likeness (QED) is 0.790. The first-order chi connectivity index (χ1) is 6.77. The molecule has 2 N–H and O–H groups in total. The van der Waals surface area contributed by atoms with Gasteiger partial charge in [0, 0.05) is 5.92 Å². The van der Waals surface area contributed by atoms with Crippen LogP contribution in [0.3, 0.4) is 0 Å². The summed E-state index contributed by atoms with van der Waals surface area (Å²) in [6.45, 7) is 2.06. The van der Waals surface area contributed by atoms with Crippen molar-refractivity contribution in [3.05, 3.63) is 26.6 Å². The Morgan fingerprint density at radius 2 is 2.14 bits per heavy atom. The maximum Gasteiger partial charge on any atom is 0.278 e. The van der Waals surface area contributed by atoms with Gasteiger partial charge in [-0.25, -0.2) is 5.10 Å². The number of nitrogens with one attached hydrogen (secondary N) is 2. The standard InChI is InChI=1S/C9H12BrN3O/c10-7-5-8(12-13-9(7)14)6-1-3-11-4-2-6/h5-6,11H,1-4H2,(H,13,14). The van der Waals surface area contributed by atoms with E-state index in [-0.39, 0.29) is 5.56 Å². The SMILES string of the molecule is O=c1[nH]nc(C2CCNCC2)cc1Br. The minimum Gasteiger partial charge on any atom is -0.317 e. The first kappa shape index (κ1) is 9.86. The molecule has 14 heavy (non-hydrogen) atoms. The summed E-state index contributed by atoms with van der Waals surface area (Å²) < 4.78 is 0.570. The zero-order valence-electron chi connectivity index (χ0n) is 7.72. The Balaban J connectivity index is 2.22. The lowest BCUT2D eigenvalue weighted by Gasteiger charge is -2.21. The Labute approximate surface area is 90.2 Å². The fourth-order valence-electron chi connectivity index (χ4n) is 1.72. The molecular formula is C9H12BrN3O. The van der Waals surface area contributed by atoms with Gasteiger partial charge in [0.1, 0.15) is 0 Å². The highest BCUT2D eigenvalue weighted by atomic mass is 79.9. The van der Waals surface area contributed by atoms with Gasteiger partial charge in [-0.1, -0.05) is 0 Å². The van der Waals surface area contributed by atoms with Gasteiger partial charge in [0.15, 0.2) is 0 Å². The van der Waals surface area contributed by atoms with Gasteiger partial charge in [-0.15, -0.1) is 0 Å². The van der Waals surface area contributed by atoms with Crippen LogP contribution >= 0.6 is 15.9 Å². The van der Waals surface area contributed by atoms with Crippen LogP contribution in [-0.4, -0.2) is 23.3 Å². The van der Waals surface area contributed by atoms with Crippen molar-refractivity contribution < 1.29 is 0 Å². The van der Waals surface area contributed by atoms with E-state index in [0.29, 0.717) is 10.4 Å². The van der Waals surface area contributed by atoms with Gasteiger partial charge in [-0.2, -0.15) is 5.10 Å². The fraction of sp³-hybridized carbons (Fsp3) is 0.556. The van der Waals surface area contributed by atoms with Crippen molar-refractivity contribution in [3.63, 3.8) is 0 Å². The number of hydrogen-bond acceptors (Lipinski definition) is 3. The smallest absolute Gasteiger partial charge is 0.278 e. The van der Waals surface area contributed by atoms with Crippen LogP contribution in [0.15, 0.2) is 15.3 Å². The Kier molecular flexibility index (Phi) is 2.98. The fourth-order valence-corrected chi connectivity index (χ4v) is 2.05. The predicted molar refractivity (Wildman–Crippen MR) is 57.4 cm³/mol. The molecule has 2 heterocycles. The summed E-state index contributed by atoms with van der Waals surface area (Å²) in [5, 5.41) is 9.86. The largest absolute Gasteiger partial charge is 0.317 e. The zero-order chi connectivity index (χ0) is 9.97. The summed E-state index contributed by atoms with van der Waals surface area (Å²) in [5.41, 5.74) is 0.820. The van der Waals surface area contributed by atoms with Crippen molar-refractivity contribution in [2.75, 3.05) is 13.1 Å². The second kappa shape index (κ2) is 4.23. The molecule has 1 fully saturated rings. The molecule has 1 saturated heterocycles. The van der Waals surface area contributed by atoms with E-state index in [1.807, 2.05) is 6.07 Å². The third-order valence-electron chi connectivity index (χ3n) is 2.54. The molecule has 1 aliphatic heterocycles. The minimum atomic E-state index is -0.164. The van der Waals surface area contributed by atoms with Crippen molar-refractivity contribution in [1.82, 2.24) is 15.5 Å². The second-order valence-electron chi connectivity index (χ2n) is 3.49. The Morgan fingerprint density at radius 3 is 2.79 bits per heavy atom. The second-order valence-corrected chi connectivity index (χ2v) is 4.35. The molecule has 0 aromatic carbocycles. The number of nitrogens with zero attached hydrogens (tertiary/aromatic N) is 1. The molecule has 1 aliphatic rings. The molecule has 0 atom stereocenters. The number of piperidine rings is 1. The molecule has 0 radical (unpaired) electrons. The molecular weight excluding hydrogens is 246 g/mol. The van der Waals surface area contributed by atoms with Crippen molar-refractivity contribution in [2.45, 2.75) is 18.8 Å². The van der Waals surface area contributed by atoms with Crippen molar-refractivity contribution >= 4 is 15.9 Å². The van der Waals surface area contributed by atoms with Crippen LogP contribution in [0.4, 0.5) is 0 Å². The number of hydrogen-bond donors (Lipinski definition) is 2. The van der Waals surface area contributed by atoms with Crippen molar-refractivity contribution in [1.29, 1.82) is 0 Å². The van der Waals surface area contributed by atoms with Crippen LogP contribution in [0.5, 0.6) is 0 Å². The maximum atomic E-state index is 11.1. The Hall–Kier alpha value is -0.680. The van der Waals surface area contributed by atoms with Gasteiger partial charge < -0.3 is 5.32 Å². The van der Waals surface area contributed by atoms with Gasteiger partial charge in [-0.3, -0.25) is 4.79 Å². The highest BCUT2D eigenvalue weighted by molar-refractivity contribution is 9.10. The third kappa shape index (κ3) is 2.04. The average molecular weight is 258 g/mol. The first-order valence-electron chi connectivity index (χ1n) is 4.73. The molecule has 0 aliphatic carbocycles. The van der Waals surface area contributed by atoms with Crippen LogP contribution in [0, 0.1) is 0 Å². The lowest BCUT2D eigenvalue weighted by atomic mass is 9.94. The topological polar surface area (TPSA) is 57.8 Å². The van der Waals surface area contributed by atoms with E-state index >= 15 is 0 Å². The van der Waals surface area contributed by atoms with Crippen LogP contribution in [0.1, 0.15) is 24.5 Å². The molecule has 0 bridgehead atoms. The van der Waals surface area contributed by atoms with E-state index in [1.165, 1.54) is 0 Å². The number of rotatable bonds is 1. The Bertz CT molecular complexity index is 371. The normalized spacial score (nSPS) is 18.4. The van der Waals surface area contributed by atoms with Crippen LogP contribution in [-0.2, 0) is 0 Å². The summed E-state index contributed by atoms with van der Waals surface area (Å²) in [6.07, 6.45) is 2.18. The molecule has 0 spiro atoms. The third-order valence-corrected chi connectivity index (χ3v) is 3.12. The van der Waals surface area contributed by atoms with Crippen LogP contribution < -0.4 is 10.9 Å². The molecule has 2 rings (SSSR count). The molecule has 5 heteroatoms. The Morgan fingerprint density at radius 1 is 1.43 bits per heavy atom. The van der Waals surface area contributed by atoms with E-state index in [9.17, 15) is 4.79 Å². The van der Waals surface area contributed by atoms with Crippen LogP contribution in [0.25, 0.3) is 0 Å². The number of aromatic nitrogens is 2. The van der Waals surface area contributed by atoms with Gasteiger partial charge >= 0.3 is 0 Å². The molecule has 1 aromatic heterocycles. The molecule has 0 unspecified atom stereocenters. The van der Waals surface area contributed by atoms with Crippen molar-refractivity contribution in [2.24, 2.45) is 0 Å². The van der Waals surface area contributed by atoms with Gasteiger partial charge in [0.25, 0.3) is 5.56 Å². The van der Waals surface area contributed by atoms with E-state index < -0.39 is 0 Å².